The summed E-state index contributed by atoms with van der Waals surface area (Å²) in [5.74, 6) is 0.0640. The maximum absolute atomic E-state index is 12.8. The zero-order chi connectivity index (χ0) is 22.6. The molecule has 2 aromatic carbocycles. The van der Waals surface area contributed by atoms with Gasteiger partial charge in [0.25, 0.3) is 0 Å². The molecular formula is C24H33N3O3S. The van der Waals surface area contributed by atoms with E-state index in [0.717, 1.165) is 30.0 Å². The first-order valence-electron chi connectivity index (χ1n) is 11.0. The van der Waals surface area contributed by atoms with Crippen LogP contribution in [0.1, 0.15) is 44.7 Å². The summed E-state index contributed by atoms with van der Waals surface area (Å²) >= 11 is 0. The molecule has 0 radical (unpaired) electrons. The van der Waals surface area contributed by atoms with Gasteiger partial charge in [-0.25, -0.2) is 13.1 Å². The molecule has 1 aliphatic heterocycles. The lowest BCUT2D eigenvalue weighted by Gasteiger charge is -2.23. The molecule has 7 heteroatoms. The molecule has 168 valence electrons. The zero-order valence-electron chi connectivity index (χ0n) is 18.9. The number of benzene rings is 2. The van der Waals surface area contributed by atoms with Crippen molar-refractivity contribution < 1.29 is 13.2 Å². The SMILES string of the molecule is CCC(=O)N1c2ccc(S(=O)(=O)NCCCN(CC)c3cccc(C)c3)cc2CC1C. The number of fused-ring (bicyclic) bond motifs is 1. The molecule has 1 N–H and O–H groups in total. The van der Waals surface area contributed by atoms with Gasteiger partial charge in [-0.1, -0.05) is 19.1 Å². The molecular weight excluding hydrogens is 410 g/mol. The molecule has 0 saturated heterocycles. The molecule has 2 aromatic rings. The predicted molar refractivity (Wildman–Crippen MR) is 126 cm³/mol. The fourth-order valence-corrected chi connectivity index (χ4v) is 5.30. The minimum Gasteiger partial charge on any atom is -0.372 e. The number of anilines is 2. The molecule has 0 fully saturated rings. The number of hydrogen-bond acceptors (Lipinski definition) is 4. The number of hydrogen-bond donors (Lipinski definition) is 1. The molecule has 3 rings (SSSR count). The van der Waals surface area contributed by atoms with Gasteiger partial charge in [0, 0.05) is 43.5 Å². The number of carbonyl (C=O) groups is 1. The Labute approximate surface area is 186 Å². The molecule has 31 heavy (non-hydrogen) atoms. The van der Waals surface area contributed by atoms with Gasteiger partial charge in [0.1, 0.15) is 0 Å². The van der Waals surface area contributed by atoms with Crippen LogP contribution in [-0.2, 0) is 21.2 Å². The summed E-state index contributed by atoms with van der Waals surface area (Å²) in [5.41, 5.74) is 4.11. The number of aryl methyl sites for hydroxylation is 1. The minimum atomic E-state index is -3.59. The largest absolute Gasteiger partial charge is 0.372 e. The molecule has 1 unspecified atom stereocenters. The second-order valence-electron chi connectivity index (χ2n) is 8.13. The third-order valence-electron chi connectivity index (χ3n) is 5.79. The maximum Gasteiger partial charge on any atom is 0.240 e. The predicted octanol–water partition coefficient (Wildman–Crippen LogP) is 3.88. The van der Waals surface area contributed by atoms with E-state index in [0.29, 0.717) is 25.8 Å². The topological polar surface area (TPSA) is 69.7 Å². The van der Waals surface area contributed by atoms with E-state index in [1.54, 1.807) is 23.1 Å². The second kappa shape index (κ2) is 9.83. The summed E-state index contributed by atoms with van der Waals surface area (Å²) in [6.45, 7) is 10.0. The summed E-state index contributed by atoms with van der Waals surface area (Å²) in [4.78, 5) is 16.5. The maximum atomic E-state index is 12.8. The van der Waals surface area contributed by atoms with Crippen LogP contribution in [0, 0.1) is 6.92 Å². The van der Waals surface area contributed by atoms with Crippen LogP contribution in [0.4, 0.5) is 11.4 Å². The first kappa shape index (κ1) is 23.3. The Morgan fingerprint density at radius 2 is 1.97 bits per heavy atom. The molecule has 1 aliphatic rings. The van der Waals surface area contributed by atoms with E-state index in [4.69, 9.17) is 0 Å². The first-order chi connectivity index (χ1) is 14.8. The van der Waals surface area contributed by atoms with Gasteiger partial charge in [-0.3, -0.25) is 4.79 Å². The molecule has 0 spiro atoms. The van der Waals surface area contributed by atoms with Crippen LogP contribution >= 0.6 is 0 Å². The standard InChI is InChI=1S/C24H33N3O3S/c1-5-24(28)27-19(4)16-20-17-22(11-12-23(20)27)31(29,30)25-13-8-14-26(6-2)21-10-7-9-18(3)15-21/h7,9-12,15,17,19,25H,5-6,8,13-14,16H2,1-4H3. The number of nitrogens with one attached hydrogen (secondary N) is 1. The van der Waals surface area contributed by atoms with Crippen LogP contribution in [0.2, 0.25) is 0 Å². The van der Waals surface area contributed by atoms with Crippen molar-refractivity contribution in [2.24, 2.45) is 0 Å². The van der Waals surface area contributed by atoms with Gasteiger partial charge in [-0.2, -0.15) is 0 Å². The van der Waals surface area contributed by atoms with Crippen molar-refractivity contribution in [2.75, 3.05) is 29.4 Å². The first-order valence-corrected chi connectivity index (χ1v) is 12.5. The highest BCUT2D eigenvalue weighted by Crippen LogP contribution is 2.34. The molecule has 1 amide bonds. The lowest BCUT2D eigenvalue weighted by Crippen LogP contribution is -2.35. The van der Waals surface area contributed by atoms with Crippen LogP contribution in [0.5, 0.6) is 0 Å². The van der Waals surface area contributed by atoms with Crippen molar-refractivity contribution in [1.29, 1.82) is 0 Å². The van der Waals surface area contributed by atoms with E-state index < -0.39 is 10.0 Å². The summed E-state index contributed by atoms with van der Waals surface area (Å²) in [7, 11) is -3.59. The Balaban J connectivity index is 1.61. The fourth-order valence-electron chi connectivity index (χ4n) is 4.18. The van der Waals surface area contributed by atoms with Crippen molar-refractivity contribution in [2.45, 2.75) is 57.9 Å². The van der Waals surface area contributed by atoms with Crippen molar-refractivity contribution in [3.8, 4) is 0 Å². The van der Waals surface area contributed by atoms with Crippen molar-refractivity contribution >= 4 is 27.3 Å². The molecule has 1 heterocycles. The Morgan fingerprint density at radius 3 is 2.65 bits per heavy atom. The van der Waals surface area contributed by atoms with Crippen LogP contribution in [0.3, 0.4) is 0 Å². The van der Waals surface area contributed by atoms with E-state index in [-0.39, 0.29) is 16.8 Å². The van der Waals surface area contributed by atoms with E-state index >= 15 is 0 Å². The van der Waals surface area contributed by atoms with Crippen LogP contribution in [0.15, 0.2) is 47.4 Å². The molecule has 6 nitrogen and oxygen atoms in total. The average Bonchev–Trinajstić information content (AvgIpc) is 3.08. The zero-order valence-corrected chi connectivity index (χ0v) is 19.7. The highest BCUT2D eigenvalue weighted by Gasteiger charge is 2.31. The molecule has 0 aliphatic carbocycles. The monoisotopic (exact) mass is 443 g/mol. The molecule has 0 aromatic heterocycles. The van der Waals surface area contributed by atoms with Gasteiger partial charge in [0.05, 0.1) is 4.90 Å². The average molecular weight is 444 g/mol. The summed E-state index contributed by atoms with van der Waals surface area (Å²) < 4.78 is 28.3. The third-order valence-corrected chi connectivity index (χ3v) is 7.25. The normalized spacial score (nSPS) is 15.7. The van der Waals surface area contributed by atoms with Crippen LogP contribution in [-0.4, -0.2) is 40.0 Å². The van der Waals surface area contributed by atoms with Crippen molar-refractivity contribution in [3.63, 3.8) is 0 Å². The molecule has 1 atom stereocenters. The summed E-state index contributed by atoms with van der Waals surface area (Å²) in [6.07, 6.45) is 1.82. The third kappa shape index (κ3) is 5.28. The fraction of sp³-hybridized carbons (Fsp3) is 0.458. The molecule has 0 bridgehead atoms. The second-order valence-corrected chi connectivity index (χ2v) is 9.90. The van der Waals surface area contributed by atoms with Crippen molar-refractivity contribution in [1.82, 2.24) is 4.72 Å². The van der Waals surface area contributed by atoms with Crippen LogP contribution in [0.25, 0.3) is 0 Å². The number of sulfonamides is 1. The Hall–Kier alpha value is -2.38. The summed E-state index contributed by atoms with van der Waals surface area (Å²) in [6, 6.07) is 13.5. The summed E-state index contributed by atoms with van der Waals surface area (Å²) in [5, 5.41) is 0. The van der Waals surface area contributed by atoms with Gasteiger partial charge < -0.3 is 9.80 Å². The van der Waals surface area contributed by atoms with Crippen molar-refractivity contribution in [3.05, 3.63) is 53.6 Å². The van der Waals surface area contributed by atoms with E-state index in [2.05, 4.69) is 41.7 Å². The number of amides is 1. The number of rotatable bonds is 9. The lowest BCUT2D eigenvalue weighted by atomic mass is 10.1. The minimum absolute atomic E-state index is 0.0509. The highest BCUT2D eigenvalue weighted by molar-refractivity contribution is 7.89. The Bertz CT molecular complexity index is 1040. The highest BCUT2D eigenvalue weighted by atomic mass is 32.2. The van der Waals surface area contributed by atoms with Crippen LogP contribution < -0.4 is 14.5 Å². The lowest BCUT2D eigenvalue weighted by molar-refractivity contribution is -0.118. The van der Waals surface area contributed by atoms with Gasteiger partial charge in [0.15, 0.2) is 0 Å². The number of nitrogens with zero attached hydrogens (tertiary/aromatic N) is 2. The van der Waals surface area contributed by atoms with E-state index in [1.807, 2.05) is 19.9 Å². The smallest absolute Gasteiger partial charge is 0.240 e. The van der Waals surface area contributed by atoms with Gasteiger partial charge in [-0.15, -0.1) is 0 Å². The van der Waals surface area contributed by atoms with Gasteiger partial charge in [0.2, 0.25) is 15.9 Å². The Morgan fingerprint density at radius 1 is 1.19 bits per heavy atom. The molecule has 0 saturated carbocycles. The Kier molecular flexibility index (Phi) is 7.38. The van der Waals surface area contributed by atoms with E-state index in [1.165, 1.54) is 5.56 Å². The van der Waals surface area contributed by atoms with E-state index in [9.17, 15) is 13.2 Å². The van der Waals surface area contributed by atoms with Gasteiger partial charge >= 0.3 is 0 Å². The van der Waals surface area contributed by atoms with Gasteiger partial charge in [-0.05, 0) is 75.1 Å². The number of carbonyl (C=O) groups excluding carboxylic acids is 1. The quantitative estimate of drug-likeness (QED) is 0.597.